The first-order valence-corrected chi connectivity index (χ1v) is 9.54. The van der Waals surface area contributed by atoms with Crippen LogP contribution in [0.2, 0.25) is 0 Å². The Bertz CT molecular complexity index is 865. The fourth-order valence-corrected chi connectivity index (χ4v) is 3.16. The van der Waals surface area contributed by atoms with Crippen LogP contribution in [0.25, 0.3) is 0 Å². The third-order valence-corrected chi connectivity index (χ3v) is 4.64. The van der Waals surface area contributed by atoms with E-state index in [1.807, 2.05) is 12.1 Å². The molecule has 1 aromatic heterocycles. The molecule has 0 bridgehead atoms. The second kappa shape index (κ2) is 9.77. The van der Waals surface area contributed by atoms with E-state index in [2.05, 4.69) is 10.3 Å². The van der Waals surface area contributed by atoms with E-state index in [9.17, 15) is 9.59 Å². The molecule has 0 saturated heterocycles. The molecule has 29 heavy (non-hydrogen) atoms. The maximum Gasteiger partial charge on any atom is 0.255 e. The highest BCUT2D eigenvalue weighted by Crippen LogP contribution is 2.28. The number of hydrogen-bond acceptors (Lipinski definition) is 6. The van der Waals surface area contributed by atoms with Crippen LogP contribution in [0.3, 0.4) is 0 Å². The van der Waals surface area contributed by atoms with E-state index in [1.165, 1.54) is 20.0 Å². The molecule has 1 aliphatic rings. The van der Waals surface area contributed by atoms with Gasteiger partial charge in [-0.1, -0.05) is 0 Å². The predicted molar refractivity (Wildman–Crippen MR) is 106 cm³/mol. The predicted octanol–water partition coefficient (Wildman–Crippen LogP) is 2.21. The molecule has 2 aromatic rings. The second-order valence-electron chi connectivity index (χ2n) is 6.83. The number of amides is 2. The normalized spacial score (nSPS) is 13.7. The van der Waals surface area contributed by atoms with Crippen LogP contribution < -0.4 is 25.3 Å². The van der Waals surface area contributed by atoms with Crippen LogP contribution in [0.5, 0.6) is 17.4 Å². The first kappa shape index (κ1) is 20.4. The van der Waals surface area contributed by atoms with Gasteiger partial charge in [-0.05, 0) is 55.5 Å². The van der Waals surface area contributed by atoms with E-state index in [0.29, 0.717) is 29.5 Å². The number of ether oxygens (including phenoxy) is 3. The number of pyridine rings is 1. The van der Waals surface area contributed by atoms with E-state index >= 15 is 0 Å². The topological polar surface area (TPSA) is 113 Å². The lowest BCUT2D eigenvalue weighted by molar-refractivity contribution is -0.119. The molecule has 0 spiro atoms. The molecule has 154 valence electrons. The summed E-state index contributed by atoms with van der Waals surface area (Å²) in [5.41, 5.74) is 6.38. The van der Waals surface area contributed by atoms with Crippen LogP contribution in [-0.4, -0.2) is 36.6 Å². The zero-order valence-corrected chi connectivity index (χ0v) is 16.3. The number of aromatic nitrogens is 1. The number of nitrogens with two attached hydrogens (primary N) is 1. The molecule has 0 aliphatic heterocycles. The molecule has 1 aromatic carbocycles. The molecule has 1 aliphatic carbocycles. The van der Waals surface area contributed by atoms with Crippen molar-refractivity contribution in [3.63, 3.8) is 0 Å². The van der Waals surface area contributed by atoms with Gasteiger partial charge < -0.3 is 25.3 Å². The summed E-state index contributed by atoms with van der Waals surface area (Å²) in [6.45, 7) is 0.0693. The van der Waals surface area contributed by atoms with Crippen LogP contribution >= 0.6 is 0 Å². The Balaban J connectivity index is 1.59. The van der Waals surface area contributed by atoms with Gasteiger partial charge in [0, 0.05) is 24.4 Å². The number of methoxy groups -OCH3 is 1. The Hall–Kier alpha value is -3.29. The zero-order valence-electron chi connectivity index (χ0n) is 16.3. The minimum Gasteiger partial charge on any atom is -0.493 e. The van der Waals surface area contributed by atoms with Gasteiger partial charge in [0.1, 0.15) is 6.10 Å². The Labute approximate surface area is 169 Å². The van der Waals surface area contributed by atoms with E-state index < -0.39 is 5.91 Å². The summed E-state index contributed by atoms with van der Waals surface area (Å²) in [7, 11) is 1.46. The Morgan fingerprint density at radius 1 is 1.17 bits per heavy atom. The average molecular weight is 399 g/mol. The van der Waals surface area contributed by atoms with Crippen molar-refractivity contribution in [3.8, 4) is 17.4 Å². The monoisotopic (exact) mass is 399 g/mol. The molecule has 3 rings (SSSR count). The van der Waals surface area contributed by atoms with E-state index in [-0.39, 0.29) is 18.6 Å². The number of carbonyl (C=O) groups is 2. The van der Waals surface area contributed by atoms with Crippen molar-refractivity contribution in [2.24, 2.45) is 5.73 Å². The van der Waals surface area contributed by atoms with Crippen LogP contribution in [0, 0.1) is 0 Å². The molecular formula is C21H25N3O5. The summed E-state index contributed by atoms with van der Waals surface area (Å²) in [4.78, 5) is 27.6. The third kappa shape index (κ3) is 5.84. The van der Waals surface area contributed by atoms with Gasteiger partial charge in [0.15, 0.2) is 18.1 Å². The van der Waals surface area contributed by atoms with Gasteiger partial charge in [-0.2, -0.15) is 0 Å². The fraction of sp³-hybridized carbons (Fsp3) is 0.381. The van der Waals surface area contributed by atoms with Crippen LogP contribution in [-0.2, 0) is 11.3 Å². The standard InChI is InChI=1S/C21H25N3O5/c1-27-18-11-15(6-7-17(18)28-13-19(22)25)21(26)24-12-14-8-9-23-20(10-14)29-16-4-2-3-5-16/h6-11,16H,2-5,12-13H2,1H3,(H2,22,25)(H,24,26). The highest BCUT2D eigenvalue weighted by Gasteiger charge is 2.17. The van der Waals surface area contributed by atoms with Gasteiger partial charge in [-0.15, -0.1) is 0 Å². The Morgan fingerprint density at radius 3 is 2.69 bits per heavy atom. The quantitative estimate of drug-likeness (QED) is 0.668. The zero-order chi connectivity index (χ0) is 20.6. The van der Waals surface area contributed by atoms with E-state index in [4.69, 9.17) is 19.9 Å². The Morgan fingerprint density at radius 2 is 1.97 bits per heavy atom. The summed E-state index contributed by atoms with van der Waals surface area (Å²) in [5.74, 6) is 0.407. The molecule has 8 heteroatoms. The maximum atomic E-state index is 12.5. The summed E-state index contributed by atoms with van der Waals surface area (Å²) in [5, 5.41) is 2.86. The number of nitrogens with one attached hydrogen (secondary N) is 1. The lowest BCUT2D eigenvalue weighted by atomic mass is 10.1. The van der Waals surface area contributed by atoms with Crippen LogP contribution in [0.1, 0.15) is 41.6 Å². The van der Waals surface area contributed by atoms with Gasteiger partial charge in [-0.3, -0.25) is 9.59 Å². The van der Waals surface area contributed by atoms with Crippen LogP contribution in [0.15, 0.2) is 36.5 Å². The van der Waals surface area contributed by atoms with Gasteiger partial charge in [-0.25, -0.2) is 4.98 Å². The van der Waals surface area contributed by atoms with E-state index in [1.54, 1.807) is 24.4 Å². The largest absolute Gasteiger partial charge is 0.493 e. The van der Waals surface area contributed by atoms with Crippen molar-refractivity contribution < 1.29 is 23.8 Å². The summed E-state index contributed by atoms with van der Waals surface area (Å²) in [6.07, 6.45) is 6.41. The second-order valence-corrected chi connectivity index (χ2v) is 6.83. The SMILES string of the molecule is COc1cc(C(=O)NCc2ccnc(OC3CCCC3)c2)ccc1OCC(N)=O. The van der Waals surface area contributed by atoms with Crippen molar-refractivity contribution >= 4 is 11.8 Å². The molecule has 8 nitrogen and oxygen atoms in total. The molecule has 3 N–H and O–H groups in total. The number of hydrogen-bond donors (Lipinski definition) is 2. The van der Waals surface area contributed by atoms with Gasteiger partial charge >= 0.3 is 0 Å². The van der Waals surface area contributed by atoms with Crippen molar-refractivity contribution in [2.45, 2.75) is 38.3 Å². The Kier molecular flexibility index (Phi) is 6.89. The molecule has 1 saturated carbocycles. The summed E-state index contributed by atoms with van der Waals surface area (Å²) in [6, 6.07) is 8.39. The smallest absolute Gasteiger partial charge is 0.255 e. The minimum absolute atomic E-state index is 0.232. The average Bonchev–Trinajstić information content (AvgIpc) is 3.23. The summed E-state index contributed by atoms with van der Waals surface area (Å²) < 4.78 is 16.4. The number of rotatable bonds is 9. The lowest BCUT2D eigenvalue weighted by Crippen LogP contribution is -2.23. The first-order valence-electron chi connectivity index (χ1n) is 9.54. The van der Waals surface area contributed by atoms with Crippen molar-refractivity contribution in [1.29, 1.82) is 0 Å². The number of primary amides is 1. The molecule has 0 radical (unpaired) electrons. The lowest BCUT2D eigenvalue weighted by Gasteiger charge is -2.13. The molecule has 0 atom stereocenters. The molecular weight excluding hydrogens is 374 g/mol. The van der Waals surface area contributed by atoms with Gasteiger partial charge in [0.05, 0.1) is 7.11 Å². The highest BCUT2D eigenvalue weighted by molar-refractivity contribution is 5.94. The number of benzene rings is 1. The van der Waals surface area contributed by atoms with E-state index in [0.717, 1.165) is 18.4 Å². The fourth-order valence-electron chi connectivity index (χ4n) is 3.16. The molecule has 1 heterocycles. The summed E-state index contributed by atoms with van der Waals surface area (Å²) >= 11 is 0. The van der Waals surface area contributed by atoms with Crippen molar-refractivity contribution in [3.05, 3.63) is 47.7 Å². The number of nitrogens with zero attached hydrogens (tertiary/aromatic N) is 1. The minimum atomic E-state index is -0.595. The molecule has 1 fully saturated rings. The van der Waals surface area contributed by atoms with Gasteiger partial charge in [0.2, 0.25) is 5.88 Å². The molecule has 0 unspecified atom stereocenters. The maximum absolute atomic E-state index is 12.5. The highest BCUT2D eigenvalue weighted by atomic mass is 16.5. The van der Waals surface area contributed by atoms with Crippen molar-refractivity contribution in [2.75, 3.05) is 13.7 Å². The van der Waals surface area contributed by atoms with Crippen LogP contribution in [0.4, 0.5) is 0 Å². The number of carbonyl (C=O) groups excluding carboxylic acids is 2. The third-order valence-electron chi connectivity index (χ3n) is 4.64. The molecule has 2 amide bonds. The van der Waals surface area contributed by atoms with Gasteiger partial charge in [0.25, 0.3) is 11.8 Å². The first-order chi connectivity index (χ1) is 14.0. The van der Waals surface area contributed by atoms with Crippen molar-refractivity contribution in [1.82, 2.24) is 10.3 Å².